The van der Waals surface area contributed by atoms with Crippen LogP contribution in [0.4, 0.5) is 4.39 Å². The van der Waals surface area contributed by atoms with E-state index in [0.29, 0.717) is 18.7 Å². The van der Waals surface area contributed by atoms with Crippen molar-refractivity contribution in [3.63, 3.8) is 0 Å². The van der Waals surface area contributed by atoms with Crippen LogP contribution in [0.15, 0.2) is 24.3 Å². The van der Waals surface area contributed by atoms with E-state index in [2.05, 4.69) is 0 Å². The normalized spacial score (nSPS) is 10.4. The van der Waals surface area contributed by atoms with E-state index in [4.69, 9.17) is 9.84 Å². The van der Waals surface area contributed by atoms with Crippen molar-refractivity contribution < 1.29 is 19.0 Å². The highest BCUT2D eigenvalue weighted by Gasteiger charge is 2.14. The zero-order valence-electron chi connectivity index (χ0n) is 10.4. The molecule has 1 amide bonds. The third-order valence-electron chi connectivity index (χ3n) is 2.59. The molecule has 1 rings (SSSR count). The maximum absolute atomic E-state index is 13.4. The first kappa shape index (κ1) is 14.6. The van der Waals surface area contributed by atoms with Crippen molar-refractivity contribution in [3.05, 3.63) is 35.6 Å². The Morgan fingerprint density at radius 3 is 2.72 bits per heavy atom. The van der Waals surface area contributed by atoms with Gasteiger partial charge < -0.3 is 14.7 Å². The molecular weight excluding hydrogens is 237 g/mol. The SMILES string of the molecule is COCCN(CCO)C(=O)Cc1ccccc1F. The second-order valence-corrected chi connectivity index (χ2v) is 3.87. The van der Waals surface area contributed by atoms with E-state index in [1.54, 1.807) is 25.3 Å². The first-order chi connectivity index (χ1) is 8.69. The number of aliphatic hydroxyl groups excluding tert-OH is 1. The Morgan fingerprint density at radius 2 is 2.11 bits per heavy atom. The third-order valence-corrected chi connectivity index (χ3v) is 2.59. The molecule has 0 aliphatic heterocycles. The molecule has 0 bridgehead atoms. The van der Waals surface area contributed by atoms with Gasteiger partial charge in [-0.05, 0) is 11.6 Å². The molecule has 5 heteroatoms. The Bertz CT molecular complexity index is 384. The molecule has 4 nitrogen and oxygen atoms in total. The van der Waals surface area contributed by atoms with E-state index in [1.165, 1.54) is 11.0 Å². The zero-order chi connectivity index (χ0) is 13.4. The van der Waals surface area contributed by atoms with Crippen LogP contribution in [0, 0.1) is 5.82 Å². The Labute approximate surface area is 106 Å². The lowest BCUT2D eigenvalue weighted by Crippen LogP contribution is -2.37. The Hall–Kier alpha value is -1.46. The predicted molar refractivity (Wildman–Crippen MR) is 65.6 cm³/mol. The van der Waals surface area contributed by atoms with Crippen molar-refractivity contribution in [2.45, 2.75) is 6.42 Å². The molecule has 0 aliphatic carbocycles. The fourth-order valence-electron chi connectivity index (χ4n) is 1.60. The number of benzene rings is 1. The monoisotopic (exact) mass is 255 g/mol. The van der Waals surface area contributed by atoms with Crippen LogP contribution in [0.3, 0.4) is 0 Å². The second kappa shape index (κ2) is 7.79. The van der Waals surface area contributed by atoms with Gasteiger partial charge in [-0.3, -0.25) is 4.79 Å². The predicted octanol–water partition coefficient (Wildman–Crippen LogP) is 0.836. The number of methoxy groups -OCH3 is 1. The summed E-state index contributed by atoms with van der Waals surface area (Å²) in [6, 6.07) is 6.19. The number of amides is 1. The number of hydrogen-bond acceptors (Lipinski definition) is 3. The summed E-state index contributed by atoms with van der Waals surface area (Å²) in [5.41, 5.74) is 0.364. The molecule has 0 atom stereocenters. The van der Waals surface area contributed by atoms with E-state index in [9.17, 15) is 9.18 Å². The minimum Gasteiger partial charge on any atom is -0.395 e. The molecule has 18 heavy (non-hydrogen) atoms. The molecule has 0 saturated carbocycles. The van der Waals surface area contributed by atoms with E-state index >= 15 is 0 Å². The molecule has 0 fully saturated rings. The highest BCUT2D eigenvalue weighted by Crippen LogP contribution is 2.08. The summed E-state index contributed by atoms with van der Waals surface area (Å²) >= 11 is 0. The lowest BCUT2D eigenvalue weighted by Gasteiger charge is -2.21. The topological polar surface area (TPSA) is 49.8 Å². The van der Waals surface area contributed by atoms with Crippen molar-refractivity contribution in [2.75, 3.05) is 33.4 Å². The number of carbonyl (C=O) groups excluding carboxylic acids is 1. The highest BCUT2D eigenvalue weighted by atomic mass is 19.1. The number of carbonyl (C=O) groups is 1. The summed E-state index contributed by atoms with van der Waals surface area (Å²) in [6.45, 7) is 0.900. The van der Waals surface area contributed by atoms with Gasteiger partial charge in [0.1, 0.15) is 5.82 Å². The molecule has 100 valence electrons. The molecule has 0 radical (unpaired) electrons. The van der Waals surface area contributed by atoms with Gasteiger partial charge in [-0.1, -0.05) is 18.2 Å². The number of hydrogen-bond donors (Lipinski definition) is 1. The Morgan fingerprint density at radius 1 is 1.39 bits per heavy atom. The minimum absolute atomic E-state index is 0.00358. The molecule has 1 aromatic carbocycles. The zero-order valence-corrected chi connectivity index (χ0v) is 10.4. The van der Waals surface area contributed by atoms with E-state index in [0.717, 1.165) is 0 Å². The number of aliphatic hydroxyl groups is 1. The fraction of sp³-hybridized carbons (Fsp3) is 0.462. The molecule has 0 aliphatic rings. The van der Waals surface area contributed by atoms with Crippen molar-refractivity contribution in [1.29, 1.82) is 0 Å². The molecule has 0 spiro atoms. The number of nitrogens with zero attached hydrogens (tertiary/aromatic N) is 1. The standard InChI is InChI=1S/C13H18FNO3/c1-18-9-7-15(6-8-16)13(17)10-11-4-2-3-5-12(11)14/h2-5,16H,6-10H2,1H3. The average molecular weight is 255 g/mol. The Balaban J connectivity index is 2.63. The van der Waals surface area contributed by atoms with Gasteiger partial charge >= 0.3 is 0 Å². The molecule has 0 heterocycles. The fourth-order valence-corrected chi connectivity index (χ4v) is 1.60. The highest BCUT2D eigenvalue weighted by molar-refractivity contribution is 5.78. The number of ether oxygens (including phenoxy) is 1. The van der Waals surface area contributed by atoms with Crippen LogP contribution in [-0.4, -0.2) is 49.3 Å². The summed E-state index contributed by atoms with van der Waals surface area (Å²) in [6.07, 6.45) is -0.00358. The molecule has 0 saturated heterocycles. The van der Waals surface area contributed by atoms with E-state index < -0.39 is 0 Å². The molecule has 1 N–H and O–H groups in total. The quantitative estimate of drug-likeness (QED) is 0.785. The van der Waals surface area contributed by atoms with Gasteiger partial charge in [-0.2, -0.15) is 0 Å². The van der Waals surface area contributed by atoms with Gasteiger partial charge in [-0.15, -0.1) is 0 Å². The van der Waals surface area contributed by atoms with Gasteiger partial charge in [-0.25, -0.2) is 4.39 Å². The first-order valence-electron chi connectivity index (χ1n) is 5.80. The van der Waals surface area contributed by atoms with Crippen LogP contribution in [-0.2, 0) is 16.0 Å². The van der Waals surface area contributed by atoms with Crippen LogP contribution in [0.1, 0.15) is 5.56 Å². The Kier molecular flexibility index (Phi) is 6.32. The van der Waals surface area contributed by atoms with Crippen LogP contribution in [0.25, 0.3) is 0 Å². The molecule has 0 unspecified atom stereocenters. The number of rotatable bonds is 7. The van der Waals surface area contributed by atoms with E-state index in [-0.39, 0.29) is 31.3 Å². The largest absolute Gasteiger partial charge is 0.395 e. The summed E-state index contributed by atoms with van der Waals surface area (Å²) in [5, 5.41) is 8.90. The molecule has 0 aromatic heterocycles. The van der Waals surface area contributed by atoms with E-state index in [1.807, 2.05) is 0 Å². The van der Waals surface area contributed by atoms with Crippen LogP contribution < -0.4 is 0 Å². The van der Waals surface area contributed by atoms with Crippen molar-refractivity contribution >= 4 is 5.91 Å². The summed E-state index contributed by atoms with van der Waals surface area (Å²) in [5.74, 6) is -0.604. The van der Waals surface area contributed by atoms with Gasteiger partial charge in [0, 0.05) is 20.2 Å². The maximum Gasteiger partial charge on any atom is 0.227 e. The maximum atomic E-state index is 13.4. The van der Waals surface area contributed by atoms with Crippen LogP contribution >= 0.6 is 0 Å². The average Bonchev–Trinajstić information content (AvgIpc) is 2.37. The number of halogens is 1. The second-order valence-electron chi connectivity index (χ2n) is 3.87. The van der Waals surface area contributed by atoms with Gasteiger partial charge in [0.05, 0.1) is 19.6 Å². The summed E-state index contributed by atoms with van der Waals surface area (Å²) in [4.78, 5) is 13.4. The van der Waals surface area contributed by atoms with Crippen molar-refractivity contribution in [2.24, 2.45) is 0 Å². The molecular formula is C13H18FNO3. The first-order valence-corrected chi connectivity index (χ1v) is 5.80. The molecule has 1 aromatic rings. The lowest BCUT2D eigenvalue weighted by molar-refractivity contribution is -0.131. The van der Waals surface area contributed by atoms with Crippen molar-refractivity contribution in [1.82, 2.24) is 4.90 Å². The summed E-state index contributed by atoms with van der Waals surface area (Å²) in [7, 11) is 1.54. The van der Waals surface area contributed by atoms with Crippen LogP contribution in [0.2, 0.25) is 0 Å². The van der Waals surface area contributed by atoms with Crippen molar-refractivity contribution in [3.8, 4) is 0 Å². The van der Waals surface area contributed by atoms with Gasteiger partial charge in [0.15, 0.2) is 0 Å². The third kappa shape index (κ3) is 4.43. The summed E-state index contributed by atoms with van der Waals surface area (Å²) < 4.78 is 18.3. The smallest absolute Gasteiger partial charge is 0.227 e. The van der Waals surface area contributed by atoms with Gasteiger partial charge in [0.25, 0.3) is 0 Å². The lowest BCUT2D eigenvalue weighted by atomic mass is 10.1. The van der Waals surface area contributed by atoms with Crippen LogP contribution in [0.5, 0.6) is 0 Å². The minimum atomic E-state index is -0.387. The van der Waals surface area contributed by atoms with Gasteiger partial charge in [0.2, 0.25) is 5.91 Å².